The molecule has 1 aliphatic rings. The number of rotatable bonds is 4. The summed E-state index contributed by atoms with van der Waals surface area (Å²) in [6.07, 6.45) is 0.979. The van der Waals surface area contributed by atoms with Crippen molar-refractivity contribution in [3.8, 4) is 0 Å². The van der Waals surface area contributed by atoms with Gasteiger partial charge in [-0.1, -0.05) is 12.1 Å². The Morgan fingerprint density at radius 1 is 1.32 bits per heavy atom. The molecule has 1 aliphatic heterocycles. The van der Waals surface area contributed by atoms with Gasteiger partial charge in [0.25, 0.3) is 5.91 Å². The molecule has 0 radical (unpaired) electrons. The molecule has 0 saturated carbocycles. The highest BCUT2D eigenvalue weighted by atomic mass is 16.2. The Morgan fingerprint density at radius 3 is 2.63 bits per heavy atom. The second kappa shape index (κ2) is 6.33. The van der Waals surface area contributed by atoms with Crippen LogP contribution in [0.5, 0.6) is 0 Å². The molecule has 1 saturated heterocycles. The zero-order chi connectivity index (χ0) is 13.7. The molecule has 1 aromatic rings. The minimum atomic E-state index is -0.0597. The molecule has 1 heterocycles. The van der Waals surface area contributed by atoms with Crippen LogP contribution >= 0.6 is 0 Å². The minimum absolute atomic E-state index is 0.0419. The second-order valence-corrected chi connectivity index (χ2v) is 4.77. The Hall–Kier alpha value is -1.88. The van der Waals surface area contributed by atoms with Gasteiger partial charge in [-0.3, -0.25) is 9.59 Å². The largest absolute Gasteiger partial charge is 0.352 e. The number of hydrogen-bond acceptors (Lipinski definition) is 3. The van der Waals surface area contributed by atoms with Crippen molar-refractivity contribution in [2.24, 2.45) is 0 Å². The first-order valence-electron chi connectivity index (χ1n) is 6.50. The average Bonchev–Trinajstić information content (AvgIpc) is 2.89. The molecule has 102 valence electrons. The molecule has 0 spiro atoms. The van der Waals surface area contributed by atoms with Gasteiger partial charge in [0.1, 0.15) is 0 Å². The Kier molecular flexibility index (Phi) is 4.52. The van der Waals surface area contributed by atoms with Crippen LogP contribution in [-0.2, 0) is 11.3 Å². The summed E-state index contributed by atoms with van der Waals surface area (Å²) in [6, 6.07) is 7.52. The van der Waals surface area contributed by atoms with E-state index in [1.807, 2.05) is 12.1 Å². The van der Waals surface area contributed by atoms with Crippen LogP contribution in [0.15, 0.2) is 24.3 Å². The van der Waals surface area contributed by atoms with Gasteiger partial charge >= 0.3 is 0 Å². The van der Waals surface area contributed by atoms with Crippen molar-refractivity contribution in [2.45, 2.75) is 25.9 Å². The van der Waals surface area contributed by atoms with Crippen LogP contribution in [0.1, 0.15) is 29.3 Å². The molecule has 5 heteroatoms. The normalized spacial score (nSPS) is 18.1. The smallest absolute Gasteiger partial charge is 0.251 e. The summed E-state index contributed by atoms with van der Waals surface area (Å²) in [6.45, 7) is 3.77. The summed E-state index contributed by atoms with van der Waals surface area (Å²) < 4.78 is 0. The predicted molar refractivity (Wildman–Crippen MR) is 72.7 cm³/mol. The lowest BCUT2D eigenvalue weighted by Gasteiger charge is -2.11. The quantitative estimate of drug-likeness (QED) is 0.735. The first-order chi connectivity index (χ1) is 9.15. The molecular formula is C14H19N3O2. The van der Waals surface area contributed by atoms with Crippen LogP contribution in [0.25, 0.3) is 0 Å². The van der Waals surface area contributed by atoms with Gasteiger partial charge < -0.3 is 16.0 Å². The van der Waals surface area contributed by atoms with Crippen molar-refractivity contribution in [2.75, 3.05) is 13.1 Å². The van der Waals surface area contributed by atoms with Gasteiger partial charge in [-0.05, 0) is 30.7 Å². The van der Waals surface area contributed by atoms with Crippen LogP contribution in [0, 0.1) is 0 Å². The van der Waals surface area contributed by atoms with E-state index in [0.29, 0.717) is 12.1 Å². The van der Waals surface area contributed by atoms with E-state index in [1.54, 1.807) is 12.1 Å². The van der Waals surface area contributed by atoms with E-state index in [-0.39, 0.29) is 17.9 Å². The van der Waals surface area contributed by atoms with Gasteiger partial charge in [-0.25, -0.2) is 0 Å². The summed E-state index contributed by atoms with van der Waals surface area (Å²) >= 11 is 0. The lowest BCUT2D eigenvalue weighted by atomic mass is 10.1. The van der Waals surface area contributed by atoms with E-state index in [0.717, 1.165) is 25.1 Å². The Labute approximate surface area is 112 Å². The zero-order valence-corrected chi connectivity index (χ0v) is 11.0. The van der Waals surface area contributed by atoms with Gasteiger partial charge in [0, 0.05) is 31.6 Å². The van der Waals surface area contributed by atoms with Gasteiger partial charge in [0.2, 0.25) is 5.91 Å². The highest BCUT2D eigenvalue weighted by molar-refractivity contribution is 5.94. The Morgan fingerprint density at radius 2 is 2.05 bits per heavy atom. The van der Waals surface area contributed by atoms with Crippen molar-refractivity contribution in [3.63, 3.8) is 0 Å². The molecule has 0 aromatic heterocycles. The summed E-state index contributed by atoms with van der Waals surface area (Å²) in [5.41, 5.74) is 1.63. The zero-order valence-electron chi connectivity index (χ0n) is 11.0. The number of amides is 2. The fourth-order valence-electron chi connectivity index (χ4n) is 2.05. The summed E-state index contributed by atoms with van der Waals surface area (Å²) in [5.74, 6) is -0.102. The first-order valence-corrected chi connectivity index (χ1v) is 6.50. The summed E-state index contributed by atoms with van der Waals surface area (Å²) in [5, 5.41) is 8.93. The highest BCUT2D eigenvalue weighted by Gasteiger charge is 2.17. The molecule has 3 N–H and O–H groups in total. The third-order valence-corrected chi connectivity index (χ3v) is 3.15. The van der Waals surface area contributed by atoms with E-state index < -0.39 is 0 Å². The third-order valence-electron chi connectivity index (χ3n) is 3.15. The van der Waals surface area contributed by atoms with E-state index in [2.05, 4.69) is 16.0 Å². The fraction of sp³-hybridized carbons (Fsp3) is 0.429. The number of hydrogen-bond donors (Lipinski definition) is 3. The number of benzene rings is 1. The second-order valence-electron chi connectivity index (χ2n) is 4.77. The van der Waals surface area contributed by atoms with E-state index in [1.165, 1.54) is 6.92 Å². The van der Waals surface area contributed by atoms with Crippen molar-refractivity contribution < 1.29 is 9.59 Å². The van der Waals surface area contributed by atoms with Crippen LogP contribution in [0.3, 0.4) is 0 Å². The number of nitrogens with one attached hydrogen (secondary N) is 3. The fourth-order valence-corrected chi connectivity index (χ4v) is 2.05. The van der Waals surface area contributed by atoms with Crippen LogP contribution in [-0.4, -0.2) is 30.9 Å². The van der Waals surface area contributed by atoms with Crippen molar-refractivity contribution in [1.82, 2.24) is 16.0 Å². The van der Waals surface area contributed by atoms with Crippen molar-refractivity contribution in [3.05, 3.63) is 35.4 Å². The molecule has 2 rings (SSSR count). The maximum atomic E-state index is 12.0. The minimum Gasteiger partial charge on any atom is -0.352 e. The number of carbonyl (C=O) groups excluding carboxylic acids is 2. The van der Waals surface area contributed by atoms with Crippen molar-refractivity contribution >= 4 is 11.8 Å². The SMILES string of the molecule is CC(=O)NCc1ccc(C(=O)NC2CCNC2)cc1. The maximum absolute atomic E-state index is 12.0. The molecule has 1 fully saturated rings. The molecule has 1 unspecified atom stereocenters. The molecule has 5 nitrogen and oxygen atoms in total. The monoisotopic (exact) mass is 261 g/mol. The van der Waals surface area contributed by atoms with Crippen LogP contribution < -0.4 is 16.0 Å². The van der Waals surface area contributed by atoms with Gasteiger partial charge in [-0.2, -0.15) is 0 Å². The predicted octanol–water partition coefficient (Wildman–Crippen LogP) is 0.414. The van der Waals surface area contributed by atoms with Crippen LogP contribution in [0.2, 0.25) is 0 Å². The van der Waals surface area contributed by atoms with E-state index >= 15 is 0 Å². The molecular weight excluding hydrogens is 242 g/mol. The van der Waals surface area contributed by atoms with Gasteiger partial charge in [0.05, 0.1) is 0 Å². The van der Waals surface area contributed by atoms with E-state index in [4.69, 9.17) is 0 Å². The molecule has 19 heavy (non-hydrogen) atoms. The molecule has 0 aliphatic carbocycles. The maximum Gasteiger partial charge on any atom is 0.251 e. The topological polar surface area (TPSA) is 70.2 Å². The number of carbonyl (C=O) groups is 2. The van der Waals surface area contributed by atoms with Crippen LogP contribution in [0.4, 0.5) is 0 Å². The Bertz CT molecular complexity index is 450. The lowest BCUT2D eigenvalue weighted by molar-refractivity contribution is -0.119. The Balaban J connectivity index is 1.89. The summed E-state index contributed by atoms with van der Waals surface area (Å²) in [7, 11) is 0. The highest BCUT2D eigenvalue weighted by Crippen LogP contribution is 2.06. The lowest BCUT2D eigenvalue weighted by Crippen LogP contribution is -2.36. The van der Waals surface area contributed by atoms with Crippen molar-refractivity contribution in [1.29, 1.82) is 0 Å². The van der Waals surface area contributed by atoms with Gasteiger partial charge in [0.15, 0.2) is 0 Å². The molecule has 2 amide bonds. The first kappa shape index (κ1) is 13.5. The standard InChI is InChI=1S/C14H19N3O2/c1-10(18)16-8-11-2-4-12(5-3-11)14(19)17-13-6-7-15-9-13/h2-5,13,15H,6-9H2,1H3,(H,16,18)(H,17,19). The van der Waals surface area contributed by atoms with E-state index in [9.17, 15) is 9.59 Å². The third kappa shape index (κ3) is 4.06. The molecule has 0 bridgehead atoms. The summed E-state index contributed by atoms with van der Waals surface area (Å²) in [4.78, 5) is 22.8. The average molecular weight is 261 g/mol. The van der Waals surface area contributed by atoms with Gasteiger partial charge in [-0.15, -0.1) is 0 Å². The molecule has 1 atom stereocenters. The molecule has 1 aromatic carbocycles.